The number of allylic oxidation sites excluding steroid dienone is 1. The fourth-order valence-corrected chi connectivity index (χ4v) is 3.76. The molecule has 1 aliphatic rings. The minimum Gasteiger partial charge on any atom is -0.497 e. The molecule has 6 nitrogen and oxygen atoms in total. The van der Waals surface area contributed by atoms with Crippen molar-refractivity contribution in [3.63, 3.8) is 0 Å². The molecular formula is C26H30N4O2. The molecule has 2 heterocycles. The number of aliphatic imine (C=N–C) groups is 1. The first-order chi connectivity index (χ1) is 15.7. The number of guanidine groups is 1. The summed E-state index contributed by atoms with van der Waals surface area (Å²) in [5.41, 5.74) is 10.8. The Morgan fingerprint density at radius 1 is 1.06 bits per heavy atom. The van der Waals surface area contributed by atoms with Crippen LogP contribution in [-0.4, -0.2) is 37.6 Å². The number of hydrogen-bond donors (Lipinski definition) is 2. The highest BCUT2D eigenvalue weighted by atomic mass is 16.5. The van der Waals surface area contributed by atoms with Crippen molar-refractivity contribution in [2.75, 3.05) is 26.7 Å². The third-order valence-corrected chi connectivity index (χ3v) is 5.55. The number of furan rings is 1. The van der Waals surface area contributed by atoms with Crippen molar-refractivity contribution in [2.24, 2.45) is 10.7 Å². The number of ether oxygens (including phenoxy) is 1. The molecule has 4 rings (SSSR count). The highest BCUT2D eigenvalue weighted by Crippen LogP contribution is 2.22. The number of nitrogens with one attached hydrogen (secondary N) is 1. The van der Waals surface area contributed by atoms with Gasteiger partial charge in [0.05, 0.1) is 13.4 Å². The Balaban J connectivity index is 1.22. The molecule has 3 N–H and O–H groups in total. The maximum Gasteiger partial charge on any atom is 0.196 e. The van der Waals surface area contributed by atoms with E-state index in [-0.39, 0.29) is 0 Å². The molecule has 6 heteroatoms. The van der Waals surface area contributed by atoms with Gasteiger partial charge in [0.2, 0.25) is 0 Å². The lowest BCUT2D eigenvalue weighted by Gasteiger charge is -2.26. The zero-order valence-electron chi connectivity index (χ0n) is 18.5. The Bertz CT molecular complexity index is 1070. The molecule has 1 aromatic heterocycles. The molecule has 32 heavy (non-hydrogen) atoms. The standard InChI is InChI=1S/C26H30N4O2/c1-31-24-8-3-6-21(18-24)19-28-13-15-30-14-12-23(29-26(30)27)11-10-20-5-2-7-22(17-20)25-9-4-16-32-25/h2-9,12,16-18,28H,10-11,13-15,19H2,1H3,(H2,27,29). The first-order valence-electron chi connectivity index (χ1n) is 11.0. The van der Waals surface area contributed by atoms with Crippen LogP contribution in [0.25, 0.3) is 11.3 Å². The number of aryl methyl sites for hydroxylation is 1. The second kappa shape index (κ2) is 10.7. The number of benzene rings is 2. The molecule has 3 aromatic rings. The summed E-state index contributed by atoms with van der Waals surface area (Å²) in [7, 11) is 1.69. The summed E-state index contributed by atoms with van der Waals surface area (Å²) in [5, 5.41) is 3.46. The molecule has 0 atom stereocenters. The number of rotatable bonds is 10. The highest BCUT2D eigenvalue weighted by molar-refractivity contribution is 5.80. The fourth-order valence-electron chi connectivity index (χ4n) is 3.76. The van der Waals surface area contributed by atoms with Crippen molar-refractivity contribution in [3.8, 4) is 17.1 Å². The van der Waals surface area contributed by atoms with Gasteiger partial charge < -0.3 is 25.1 Å². The zero-order valence-corrected chi connectivity index (χ0v) is 18.5. The summed E-state index contributed by atoms with van der Waals surface area (Å²) in [4.78, 5) is 6.73. The van der Waals surface area contributed by atoms with Gasteiger partial charge in [0.1, 0.15) is 11.5 Å². The van der Waals surface area contributed by atoms with Gasteiger partial charge in [0.25, 0.3) is 0 Å². The van der Waals surface area contributed by atoms with Crippen molar-refractivity contribution in [1.29, 1.82) is 0 Å². The molecule has 0 amide bonds. The summed E-state index contributed by atoms with van der Waals surface area (Å²) >= 11 is 0. The molecule has 166 valence electrons. The summed E-state index contributed by atoms with van der Waals surface area (Å²) in [5.74, 6) is 2.36. The lowest BCUT2D eigenvalue weighted by molar-refractivity contribution is 0.413. The van der Waals surface area contributed by atoms with E-state index in [0.717, 1.165) is 61.8 Å². The lowest BCUT2D eigenvalue weighted by Crippen LogP contribution is -2.43. The van der Waals surface area contributed by atoms with Crippen molar-refractivity contribution < 1.29 is 9.15 Å². The molecule has 0 saturated heterocycles. The van der Waals surface area contributed by atoms with Gasteiger partial charge in [-0.2, -0.15) is 0 Å². The Morgan fingerprint density at radius 2 is 1.94 bits per heavy atom. The minimum atomic E-state index is 0.593. The van der Waals surface area contributed by atoms with E-state index in [1.54, 1.807) is 13.4 Å². The van der Waals surface area contributed by atoms with E-state index >= 15 is 0 Å². The molecule has 2 aromatic carbocycles. The fraction of sp³-hybridized carbons (Fsp3) is 0.269. The number of nitrogens with two attached hydrogens (primary N) is 1. The minimum absolute atomic E-state index is 0.593. The van der Waals surface area contributed by atoms with E-state index < -0.39 is 0 Å². The molecule has 0 spiro atoms. The third kappa shape index (κ3) is 5.80. The van der Waals surface area contributed by atoms with E-state index in [2.05, 4.69) is 51.6 Å². The summed E-state index contributed by atoms with van der Waals surface area (Å²) in [6.45, 7) is 3.22. The first-order valence-corrected chi connectivity index (χ1v) is 11.0. The Labute approximate surface area is 189 Å². The van der Waals surface area contributed by atoms with Crippen molar-refractivity contribution in [3.05, 3.63) is 89.8 Å². The number of nitrogens with zero attached hydrogens (tertiary/aromatic N) is 2. The van der Waals surface area contributed by atoms with Crippen LogP contribution >= 0.6 is 0 Å². The van der Waals surface area contributed by atoms with Gasteiger partial charge in [-0.05, 0) is 60.4 Å². The Hall–Kier alpha value is -3.51. The average molecular weight is 431 g/mol. The van der Waals surface area contributed by atoms with Crippen LogP contribution in [0.5, 0.6) is 5.75 Å². The summed E-state index contributed by atoms with van der Waals surface area (Å²) in [6, 6.07) is 20.4. The summed E-state index contributed by atoms with van der Waals surface area (Å²) < 4.78 is 10.8. The quantitative estimate of drug-likeness (QED) is 0.472. The van der Waals surface area contributed by atoms with Crippen molar-refractivity contribution in [2.45, 2.75) is 19.4 Å². The van der Waals surface area contributed by atoms with Gasteiger partial charge in [-0.25, -0.2) is 4.99 Å². The van der Waals surface area contributed by atoms with Crippen molar-refractivity contribution >= 4 is 5.96 Å². The van der Waals surface area contributed by atoms with Crippen LogP contribution in [0.4, 0.5) is 0 Å². The van der Waals surface area contributed by atoms with E-state index in [0.29, 0.717) is 5.96 Å². The van der Waals surface area contributed by atoms with Crippen LogP contribution in [-0.2, 0) is 13.0 Å². The molecule has 0 fully saturated rings. The molecule has 0 aliphatic carbocycles. The zero-order chi connectivity index (χ0) is 22.2. The molecule has 1 aliphatic heterocycles. The van der Waals surface area contributed by atoms with E-state index in [4.69, 9.17) is 14.9 Å². The van der Waals surface area contributed by atoms with Crippen molar-refractivity contribution in [1.82, 2.24) is 10.2 Å². The average Bonchev–Trinajstić information content (AvgIpc) is 3.37. The van der Waals surface area contributed by atoms with Gasteiger partial charge in [-0.3, -0.25) is 0 Å². The molecular weight excluding hydrogens is 400 g/mol. The van der Waals surface area contributed by atoms with Crippen LogP contribution in [0.15, 0.2) is 88.1 Å². The first kappa shape index (κ1) is 21.7. The SMILES string of the molecule is COc1cccc(CNCCN2CC=C(CCc3cccc(-c4ccco4)c3)N=C2N)c1. The van der Waals surface area contributed by atoms with Gasteiger partial charge in [-0.1, -0.05) is 30.3 Å². The van der Waals surface area contributed by atoms with Gasteiger partial charge in [0.15, 0.2) is 5.96 Å². The second-order valence-electron chi connectivity index (χ2n) is 7.82. The molecule has 0 radical (unpaired) electrons. The van der Waals surface area contributed by atoms with Crippen LogP contribution in [0, 0.1) is 0 Å². The summed E-state index contributed by atoms with van der Waals surface area (Å²) in [6.07, 6.45) is 5.66. The van der Waals surface area contributed by atoms with Crippen LogP contribution in [0.2, 0.25) is 0 Å². The normalized spacial score (nSPS) is 13.6. The predicted molar refractivity (Wildman–Crippen MR) is 128 cm³/mol. The van der Waals surface area contributed by atoms with Crippen LogP contribution in [0.1, 0.15) is 17.5 Å². The topological polar surface area (TPSA) is 76.0 Å². The third-order valence-electron chi connectivity index (χ3n) is 5.55. The maximum absolute atomic E-state index is 6.24. The Morgan fingerprint density at radius 3 is 2.75 bits per heavy atom. The van der Waals surface area contributed by atoms with Crippen LogP contribution in [0.3, 0.4) is 0 Å². The lowest BCUT2D eigenvalue weighted by atomic mass is 10.0. The predicted octanol–water partition coefficient (Wildman–Crippen LogP) is 4.19. The van der Waals surface area contributed by atoms with E-state index in [1.807, 2.05) is 30.3 Å². The monoisotopic (exact) mass is 430 g/mol. The van der Waals surface area contributed by atoms with Crippen LogP contribution < -0.4 is 15.8 Å². The van der Waals surface area contributed by atoms with E-state index in [9.17, 15) is 0 Å². The molecule has 0 bridgehead atoms. The number of methoxy groups -OCH3 is 1. The Kier molecular flexibility index (Phi) is 7.25. The van der Waals surface area contributed by atoms with Gasteiger partial charge in [0, 0.05) is 37.4 Å². The smallest absolute Gasteiger partial charge is 0.196 e. The number of hydrogen-bond acceptors (Lipinski definition) is 6. The molecule has 0 saturated carbocycles. The largest absolute Gasteiger partial charge is 0.497 e. The maximum atomic E-state index is 6.24. The van der Waals surface area contributed by atoms with Gasteiger partial charge in [-0.15, -0.1) is 0 Å². The van der Waals surface area contributed by atoms with E-state index in [1.165, 1.54) is 11.1 Å². The molecule has 0 unspecified atom stereocenters. The second-order valence-corrected chi connectivity index (χ2v) is 7.82. The highest BCUT2D eigenvalue weighted by Gasteiger charge is 2.13. The van der Waals surface area contributed by atoms with Gasteiger partial charge >= 0.3 is 0 Å².